The van der Waals surface area contributed by atoms with Crippen molar-refractivity contribution in [1.82, 2.24) is 10.6 Å². The summed E-state index contributed by atoms with van der Waals surface area (Å²) in [6.45, 7) is 3.78. The minimum Gasteiger partial charge on any atom is -0.354 e. The summed E-state index contributed by atoms with van der Waals surface area (Å²) in [5, 5.41) is 8.49. The molecule has 1 aliphatic heterocycles. The second kappa shape index (κ2) is 7.12. The second-order valence-corrected chi connectivity index (χ2v) is 5.58. The van der Waals surface area contributed by atoms with Gasteiger partial charge in [-0.25, -0.2) is 0 Å². The number of nitrogens with one attached hydrogen (secondary N) is 2. The van der Waals surface area contributed by atoms with E-state index in [2.05, 4.69) is 29.0 Å². The summed E-state index contributed by atoms with van der Waals surface area (Å²) < 4.78 is 0. The van der Waals surface area contributed by atoms with Crippen molar-refractivity contribution in [2.45, 2.75) is 38.1 Å². The van der Waals surface area contributed by atoms with Gasteiger partial charge >= 0.3 is 0 Å². The van der Waals surface area contributed by atoms with Gasteiger partial charge in [0.15, 0.2) is 0 Å². The summed E-state index contributed by atoms with van der Waals surface area (Å²) in [5.41, 5.74) is -0.296. The standard InChI is InChI=1S/C13H20N2OS.ClH/c1-2-13(7-4-8-15-13)12(16)14-9-6-11-5-3-10-17-11;/h3,5,10,15H,2,4,6-9H2,1H3,(H,14,16);1H. The topological polar surface area (TPSA) is 41.1 Å². The SMILES string of the molecule is CCC1(C(=O)NCCc2cccs2)CCCN1.Cl. The van der Waals surface area contributed by atoms with Crippen LogP contribution in [0.5, 0.6) is 0 Å². The Labute approximate surface area is 119 Å². The van der Waals surface area contributed by atoms with Crippen LogP contribution in [-0.2, 0) is 11.2 Å². The maximum Gasteiger partial charge on any atom is 0.240 e. The van der Waals surface area contributed by atoms with Crippen molar-refractivity contribution in [1.29, 1.82) is 0 Å². The molecule has 0 aliphatic carbocycles. The third-order valence-electron chi connectivity index (χ3n) is 3.52. The maximum atomic E-state index is 12.2. The van der Waals surface area contributed by atoms with Crippen molar-refractivity contribution in [2.75, 3.05) is 13.1 Å². The summed E-state index contributed by atoms with van der Waals surface area (Å²) in [4.78, 5) is 13.5. The average molecular weight is 289 g/mol. The first-order valence-corrected chi connectivity index (χ1v) is 7.20. The molecule has 0 saturated carbocycles. The van der Waals surface area contributed by atoms with E-state index in [9.17, 15) is 4.79 Å². The van der Waals surface area contributed by atoms with Crippen molar-refractivity contribution < 1.29 is 4.79 Å². The van der Waals surface area contributed by atoms with Gasteiger partial charge in [-0.1, -0.05) is 13.0 Å². The molecule has 102 valence electrons. The van der Waals surface area contributed by atoms with Gasteiger partial charge in [-0.2, -0.15) is 0 Å². The van der Waals surface area contributed by atoms with Crippen molar-refractivity contribution in [3.63, 3.8) is 0 Å². The summed E-state index contributed by atoms with van der Waals surface area (Å²) in [6.07, 6.45) is 3.88. The van der Waals surface area contributed by atoms with Crippen LogP contribution in [0.15, 0.2) is 17.5 Å². The largest absolute Gasteiger partial charge is 0.354 e. The first-order chi connectivity index (χ1) is 8.27. The monoisotopic (exact) mass is 288 g/mol. The number of amides is 1. The number of carbonyl (C=O) groups excluding carboxylic acids is 1. The zero-order chi connectivity index (χ0) is 12.1. The predicted octanol–water partition coefficient (Wildman–Crippen LogP) is 2.36. The Bertz CT molecular complexity index is 361. The van der Waals surface area contributed by atoms with Crippen molar-refractivity contribution in [3.05, 3.63) is 22.4 Å². The molecule has 1 aromatic heterocycles. The molecule has 1 amide bonds. The number of rotatable bonds is 5. The first kappa shape index (κ1) is 15.5. The number of halogens is 1. The van der Waals surface area contributed by atoms with Crippen LogP contribution in [0.3, 0.4) is 0 Å². The Morgan fingerprint density at radius 2 is 2.44 bits per heavy atom. The van der Waals surface area contributed by atoms with E-state index in [-0.39, 0.29) is 23.9 Å². The van der Waals surface area contributed by atoms with Crippen LogP contribution >= 0.6 is 23.7 Å². The van der Waals surface area contributed by atoms with Gasteiger partial charge in [-0.05, 0) is 43.7 Å². The van der Waals surface area contributed by atoms with Crippen LogP contribution in [0.4, 0.5) is 0 Å². The molecule has 2 N–H and O–H groups in total. The van der Waals surface area contributed by atoms with Crippen molar-refractivity contribution in [2.24, 2.45) is 0 Å². The van der Waals surface area contributed by atoms with Gasteiger partial charge < -0.3 is 10.6 Å². The van der Waals surface area contributed by atoms with Gasteiger partial charge in [0, 0.05) is 11.4 Å². The van der Waals surface area contributed by atoms with E-state index in [1.54, 1.807) is 11.3 Å². The van der Waals surface area contributed by atoms with Gasteiger partial charge in [-0.3, -0.25) is 4.79 Å². The quantitative estimate of drug-likeness (QED) is 0.873. The van der Waals surface area contributed by atoms with Crippen LogP contribution in [0, 0.1) is 0 Å². The number of thiophene rings is 1. The molecule has 0 radical (unpaired) electrons. The molecule has 3 nitrogen and oxygen atoms in total. The fraction of sp³-hybridized carbons (Fsp3) is 0.615. The Kier molecular flexibility index (Phi) is 6.12. The van der Waals surface area contributed by atoms with Crippen LogP contribution < -0.4 is 10.6 Å². The van der Waals surface area contributed by atoms with Crippen LogP contribution in [-0.4, -0.2) is 24.5 Å². The van der Waals surface area contributed by atoms with Gasteiger partial charge in [0.25, 0.3) is 0 Å². The fourth-order valence-electron chi connectivity index (χ4n) is 2.39. The van der Waals surface area contributed by atoms with E-state index in [0.717, 1.165) is 38.8 Å². The molecule has 0 bridgehead atoms. The van der Waals surface area contributed by atoms with Crippen LogP contribution in [0.25, 0.3) is 0 Å². The molecule has 0 aromatic carbocycles. The number of carbonyl (C=O) groups is 1. The molecule has 18 heavy (non-hydrogen) atoms. The summed E-state index contributed by atoms with van der Waals surface area (Å²) in [5.74, 6) is 0.175. The highest BCUT2D eigenvalue weighted by Crippen LogP contribution is 2.23. The summed E-state index contributed by atoms with van der Waals surface area (Å²) >= 11 is 1.74. The molecule has 1 fully saturated rings. The zero-order valence-corrected chi connectivity index (χ0v) is 12.3. The predicted molar refractivity (Wildman–Crippen MR) is 78.5 cm³/mol. The van der Waals surface area contributed by atoms with Crippen molar-refractivity contribution in [3.8, 4) is 0 Å². The van der Waals surface area contributed by atoms with E-state index in [4.69, 9.17) is 0 Å². The highest BCUT2D eigenvalue weighted by molar-refractivity contribution is 7.09. The molecule has 1 aliphatic rings. The van der Waals surface area contributed by atoms with Gasteiger partial charge in [0.1, 0.15) is 0 Å². The van der Waals surface area contributed by atoms with Crippen LogP contribution in [0.1, 0.15) is 31.1 Å². The van der Waals surface area contributed by atoms with E-state index >= 15 is 0 Å². The first-order valence-electron chi connectivity index (χ1n) is 6.32. The number of hydrogen-bond donors (Lipinski definition) is 2. The van der Waals surface area contributed by atoms with Gasteiger partial charge in [-0.15, -0.1) is 23.7 Å². The van der Waals surface area contributed by atoms with E-state index in [1.807, 2.05) is 6.07 Å². The van der Waals surface area contributed by atoms with Gasteiger partial charge in [0.05, 0.1) is 5.54 Å². The molecule has 0 spiro atoms. The molecular formula is C13H21ClN2OS. The zero-order valence-electron chi connectivity index (χ0n) is 10.7. The normalized spacial score (nSPS) is 22.5. The summed E-state index contributed by atoms with van der Waals surface area (Å²) in [7, 11) is 0. The molecule has 1 saturated heterocycles. The lowest BCUT2D eigenvalue weighted by molar-refractivity contribution is -0.127. The lowest BCUT2D eigenvalue weighted by Crippen LogP contribution is -2.53. The maximum absolute atomic E-state index is 12.2. The number of hydrogen-bond acceptors (Lipinski definition) is 3. The lowest BCUT2D eigenvalue weighted by Gasteiger charge is -2.26. The molecular weight excluding hydrogens is 268 g/mol. The Morgan fingerprint density at radius 1 is 1.61 bits per heavy atom. The Balaban J connectivity index is 0.00000162. The third kappa shape index (κ3) is 3.46. The molecule has 1 unspecified atom stereocenters. The molecule has 5 heteroatoms. The Morgan fingerprint density at radius 3 is 3.00 bits per heavy atom. The second-order valence-electron chi connectivity index (χ2n) is 4.55. The smallest absolute Gasteiger partial charge is 0.240 e. The van der Waals surface area contributed by atoms with E-state index in [0.29, 0.717) is 0 Å². The minimum atomic E-state index is -0.296. The highest BCUT2D eigenvalue weighted by Gasteiger charge is 2.38. The fourth-order valence-corrected chi connectivity index (χ4v) is 3.09. The van der Waals surface area contributed by atoms with E-state index in [1.165, 1.54) is 4.88 Å². The minimum absolute atomic E-state index is 0. The van der Waals surface area contributed by atoms with E-state index < -0.39 is 0 Å². The third-order valence-corrected chi connectivity index (χ3v) is 4.46. The summed E-state index contributed by atoms with van der Waals surface area (Å²) in [6, 6.07) is 4.16. The highest BCUT2D eigenvalue weighted by atomic mass is 35.5. The molecule has 1 aromatic rings. The van der Waals surface area contributed by atoms with Crippen molar-refractivity contribution >= 4 is 29.7 Å². The Hall–Kier alpha value is -0.580. The molecule has 1 atom stereocenters. The average Bonchev–Trinajstić information content (AvgIpc) is 3.00. The van der Waals surface area contributed by atoms with Gasteiger partial charge in [0.2, 0.25) is 5.91 Å². The molecule has 2 rings (SSSR count). The molecule has 2 heterocycles. The van der Waals surface area contributed by atoms with Crippen LogP contribution in [0.2, 0.25) is 0 Å². The lowest BCUT2D eigenvalue weighted by atomic mass is 9.93.